The van der Waals surface area contributed by atoms with Gasteiger partial charge in [0.2, 0.25) is 0 Å². The molecule has 18 heavy (non-hydrogen) atoms. The second-order valence-corrected chi connectivity index (χ2v) is 6.73. The number of nitrogens with one attached hydrogen (secondary N) is 1. The van der Waals surface area contributed by atoms with E-state index in [1.54, 1.807) is 0 Å². The van der Waals surface area contributed by atoms with E-state index in [2.05, 4.69) is 90.4 Å². The van der Waals surface area contributed by atoms with Crippen LogP contribution in [0.4, 0.5) is 5.69 Å². The van der Waals surface area contributed by atoms with Crippen LogP contribution in [0.1, 0.15) is 18.5 Å². The van der Waals surface area contributed by atoms with Crippen LogP contribution < -0.4 is 5.32 Å². The Morgan fingerprint density at radius 2 is 1.67 bits per heavy atom. The van der Waals surface area contributed by atoms with Crippen molar-refractivity contribution in [3.05, 3.63) is 61.4 Å². The maximum Gasteiger partial charge on any atom is 0.0496 e. The minimum atomic E-state index is 0.238. The predicted octanol–water partition coefficient (Wildman–Crippen LogP) is 6.15. The summed E-state index contributed by atoms with van der Waals surface area (Å²) in [5.74, 6) is 0. The van der Waals surface area contributed by atoms with Gasteiger partial charge in [-0.2, -0.15) is 0 Å². The third kappa shape index (κ3) is 3.59. The molecular formula is C14H12Br3N. The first-order valence-electron chi connectivity index (χ1n) is 5.53. The maximum absolute atomic E-state index is 3.60. The molecule has 0 amide bonds. The van der Waals surface area contributed by atoms with Crippen LogP contribution >= 0.6 is 47.8 Å². The van der Waals surface area contributed by atoms with E-state index in [9.17, 15) is 0 Å². The lowest BCUT2D eigenvalue weighted by Gasteiger charge is -2.17. The Morgan fingerprint density at radius 1 is 0.944 bits per heavy atom. The number of halogens is 3. The lowest BCUT2D eigenvalue weighted by atomic mass is 10.1. The predicted molar refractivity (Wildman–Crippen MR) is 88.0 cm³/mol. The average molecular weight is 434 g/mol. The zero-order chi connectivity index (χ0) is 13.1. The number of benzene rings is 2. The van der Waals surface area contributed by atoms with E-state index in [1.165, 1.54) is 5.56 Å². The Bertz CT molecular complexity index is 554. The van der Waals surface area contributed by atoms with Gasteiger partial charge in [-0.25, -0.2) is 0 Å². The minimum absolute atomic E-state index is 0.238. The summed E-state index contributed by atoms with van der Waals surface area (Å²) < 4.78 is 3.26. The van der Waals surface area contributed by atoms with Crippen molar-refractivity contribution in [1.29, 1.82) is 0 Å². The zero-order valence-corrected chi connectivity index (χ0v) is 14.5. The SMILES string of the molecule is CC(Nc1cccc(Br)c1)c1ccc(Br)cc1Br. The fourth-order valence-electron chi connectivity index (χ4n) is 1.76. The average Bonchev–Trinajstić information content (AvgIpc) is 2.28. The number of anilines is 1. The van der Waals surface area contributed by atoms with Crippen molar-refractivity contribution in [1.82, 2.24) is 0 Å². The highest BCUT2D eigenvalue weighted by Crippen LogP contribution is 2.29. The van der Waals surface area contributed by atoms with Gasteiger partial charge in [-0.05, 0) is 42.8 Å². The standard InChI is InChI=1S/C14H12Br3N/c1-9(13-6-5-11(16)8-14(13)17)18-12-4-2-3-10(15)7-12/h2-9,18H,1H3. The molecule has 94 valence electrons. The van der Waals surface area contributed by atoms with E-state index in [4.69, 9.17) is 0 Å². The molecule has 2 aromatic carbocycles. The Labute approximate surface area is 132 Å². The first kappa shape index (κ1) is 14.1. The molecule has 4 heteroatoms. The van der Waals surface area contributed by atoms with E-state index in [0.29, 0.717) is 0 Å². The number of hydrogen-bond donors (Lipinski definition) is 1. The topological polar surface area (TPSA) is 12.0 Å². The molecule has 0 heterocycles. The van der Waals surface area contributed by atoms with Gasteiger partial charge in [0.05, 0.1) is 0 Å². The molecule has 1 nitrogen and oxygen atoms in total. The van der Waals surface area contributed by atoms with Gasteiger partial charge in [0.15, 0.2) is 0 Å². The molecule has 0 aliphatic carbocycles. The first-order valence-corrected chi connectivity index (χ1v) is 7.91. The molecule has 0 aliphatic heterocycles. The Hall–Kier alpha value is -0.320. The molecule has 2 aromatic rings. The summed E-state index contributed by atoms with van der Waals surface area (Å²) >= 11 is 10.5. The molecular weight excluding hydrogens is 422 g/mol. The summed E-state index contributed by atoms with van der Waals surface area (Å²) in [5.41, 5.74) is 2.34. The molecule has 0 aliphatic rings. The lowest BCUT2D eigenvalue weighted by molar-refractivity contribution is 0.878. The summed E-state index contributed by atoms with van der Waals surface area (Å²) in [6.45, 7) is 2.15. The van der Waals surface area contributed by atoms with Crippen molar-refractivity contribution in [3.63, 3.8) is 0 Å². The summed E-state index contributed by atoms with van der Waals surface area (Å²) in [5, 5.41) is 3.48. The zero-order valence-electron chi connectivity index (χ0n) is 9.75. The molecule has 1 N–H and O–H groups in total. The van der Waals surface area contributed by atoms with Gasteiger partial charge < -0.3 is 5.32 Å². The molecule has 0 fully saturated rings. The van der Waals surface area contributed by atoms with Crippen LogP contribution in [-0.4, -0.2) is 0 Å². The second kappa shape index (κ2) is 6.22. The van der Waals surface area contributed by atoms with Gasteiger partial charge in [0.1, 0.15) is 0 Å². The van der Waals surface area contributed by atoms with E-state index in [0.717, 1.165) is 19.1 Å². The molecule has 2 rings (SSSR count). The van der Waals surface area contributed by atoms with Crippen molar-refractivity contribution < 1.29 is 0 Å². The smallest absolute Gasteiger partial charge is 0.0496 e. The van der Waals surface area contributed by atoms with Crippen molar-refractivity contribution >= 4 is 53.5 Å². The number of hydrogen-bond acceptors (Lipinski definition) is 1. The van der Waals surface area contributed by atoms with Crippen LogP contribution in [0.15, 0.2) is 55.9 Å². The highest BCUT2D eigenvalue weighted by Gasteiger charge is 2.09. The van der Waals surface area contributed by atoms with Crippen molar-refractivity contribution in [2.45, 2.75) is 13.0 Å². The van der Waals surface area contributed by atoms with Crippen LogP contribution in [0, 0.1) is 0 Å². The van der Waals surface area contributed by atoms with Gasteiger partial charge in [0.25, 0.3) is 0 Å². The molecule has 0 aromatic heterocycles. The lowest BCUT2D eigenvalue weighted by Crippen LogP contribution is -2.07. The van der Waals surface area contributed by atoms with Crippen LogP contribution in [0.25, 0.3) is 0 Å². The second-order valence-electron chi connectivity index (χ2n) is 4.04. The molecule has 0 saturated heterocycles. The third-order valence-corrected chi connectivity index (χ3v) is 4.31. The molecule has 1 atom stereocenters. The Morgan fingerprint density at radius 3 is 2.33 bits per heavy atom. The summed E-state index contributed by atoms with van der Waals surface area (Å²) in [7, 11) is 0. The minimum Gasteiger partial charge on any atom is -0.378 e. The highest BCUT2D eigenvalue weighted by molar-refractivity contribution is 9.11. The van der Waals surface area contributed by atoms with E-state index in [1.807, 2.05) is 12.1 Å². The van der Waals surface area contributed by atoms with Gasteiger partial charge >= 0.3 is 0 Å². The number of rotatable bonds is 3. The highest BCUT2D eigenvalue weighted by atomic mass is 79.9. The summed E-state index contributed by atoms with van der Waals surface area (Å²) in [6.07, 6.45) is 0. The Kier molecular flexibility index (Phi) is 4.87. The van der Waals surface area contributed by atoms with Crippen molar-refractivity contribution in [2.24, 2.45) is 0 Å². The molecule has 0 saturated carbocycles. The van der Waals surface area contributed by atoms with Gasteiger partial charge in [-0.1, -0.05) is 59.9 Å². The van der Waals surface area contributed by atoms with Crippen molar-refractivity contribution in [3.8, 4) is 0 Å². The van der Waals surface area contributed by atoms with Gasteiger partial charge in [-0.15, -0.1) is 0 Å². The Balaban J connectivity index is 2.19. The normalized spacial score (nSPS) is 12.2. The fourth-order valence-corrected chi connectivity index (χ4v) is 3.55. The van der Waals surface area contributed by atoms with E-state index < -0.39 is 0 Å². The molecule has 1 unspecified atom stereocenters. The quantitative estimate of drug-likeness (QED) is 0.612. The first-order chi connectivity index (χ1) is 8.56. The van der Waals surface area contributed by atoms with E-state index in [-0.39, 0.29) is 6.04 Å². The molecule has 0 spiro atoms. The summed E-state index contributed by atoms with van der Waals surface area (Å²) in [4.78, 5) is 0. The largest absolute Gasteiger partial charge is 0.378 e. The monoisotopic (exact) mass is 431 g/mol. The van der Waals surface area contributed by atoms with Gasteiger partial charge in [0, 0.05) is 25.1 Å². The molecule has 0 radical (unpaired) electrons. The summed E-state index contributed by atoms with van der Waals surface area (Å²) in [6, 6.07) is 14.7. The van der Waals surface area contributed by atoms with Crippen molar-refractivity contribution in [2.75, 3.05) is 5.32 Å². The fraction of sp³-hybridized carbons (Fsp3) is 0.143. The maximum atomic E-state index is 3.60. The van der Waals surface area contributed by atoms with Crippen LogP contribution in [0.3, 0.4) is 0 Å². The van der Waals surface area contributed by atoms with Gasteiger partial charge in [-0.3, -0.25) is 0 Å². The molecule has 0 bridgehead atoms. The van der Waals surface area contributed by atoms with E-state index >= 15 is 0 Å². The van der Waals surface area contributed by atoms with Crippen LogP contribution in [0.2, 0.25) is 0 Å². The van der Waals surface area contributed by atoms with Crippen LogP contribution in [0.5, 0.6) is 0 Å². The third-order valence-electron chi connectivity index (χ3n) is 2.64. The van der Waals surface area contributed by atoms with Crippen LogP contribution in [-0.2, 0) is 0 Å².